The Kier molecular flexibility index (Phi) is 4.27. The second-order valence-electron chi connectivity index (χ2n) is 4.85. The molecule has 1 aliphatic rings. The first-order valence-corrected chi connectivity index (χ1v) is 7.04. The summed E-state index contributed by atoms with van der Waals surface area (Å²) in [5, 5.41) is 7.62. The van der Waals surface area contributed by atoms with Crippen molar-refractivity contribution in [1.82, 2.24) is 0 Å². The molecule has 1 aliphatic heterocycles. The molecule has 0 atom stereocenters. The fraction of sp³-hybridized carbons (Fsp3) is 0.462. The molecule has 2 rings (SSSR count). The first-order valence-electron chi connectivity index (χ1n) is 6.25. The molecule has 1 heterocycles. The number of nitrogen functional groups attached to an aromatic ring is 1. The highest BCUT2D eigenvalue weighted by atomic mass is 79.9. The van der Waals surface area contributed by atoms with Gasteiger partial charge in [-0.25, -0.2) is 0 Å². The molecule has 0 bridgehead atoms. The largest absolute Gasteiger partial charge is 0.391 e. The van der Waals surface area contributed by atoms with Crippen LogP contribution in [0.1, 0.15) is 18.4 Å². The van der Waals surface area contributed by atoms with Crippen molar-refractivity contribution in [3.05, 3.63) is 28.2 Å². The molecule has 0 aromatic heterocycles. The van der Waals surface area contributed by atoms with Crippen LogP contribution in [0.3, 0.4) is 0 Å². The van der Waals surface area contributed by atoms with Gasteiger partial charge in [0.15, 0.2) is 0 Å². The molecule has 0 unspecified atom stereocenters. The average Bonchev–Trinajstić information content (AvgIpc) is 2.37. The summed E-state index contributed by atoms with van der Waals surface area (Å²) in [5.41, 5.74) is 6.82. The van der Waals surface area contributed by atoms with E-state index in [4.69, 9.17) is 11.1 Å². The van der Waals surface area contributed by atoms with E-state index in [-0.39, 0.29) is 18.7 Å². The first kappa shape index (κ1) is 15.2. The van der Waals surface area contributed by atoms with Crippen molar-refractivity contribution in [2.45, 2.75) is 19.0 Å². The van der Waals surface area contributed by atoms with Crippen molar-refractivity contribution in [2.75, 3.05) is 18.0 Å². The Labute approximate surface area is 123 Å². The maximum absolute atomic E-state index is 12.7. The van der Waals surface area contributed by atoms with Crippen LogP contribution in [-0.4, -0.2) is 25.1 Å². The van der Waals surface area contributed by atoms with Crippen molar-refractivity contribution in [1.29, 1.82) is 5.41 Å². The van der Waals surface area contributed by atoms with Crippen LogP contribution in [0.25, 0.3) is 0 Å². The van der Waals surface area contributed by atoms with Gasteiger partial charge in [0.2, 0.25) is 0 Å². The van der Waals surface area contributed by atoms with Gasteiger partial charge in [0.05, 0.1) is 11.5 Å². The predicted molar refractivity (Wildman–Crippen MR) is 76.2 cm³/mol. The number of amidine groups is 1. The van der Waals surface area contributed by atoms with Gasteiger partial charge in [0.1, 0.15) is 5.84 Å². The highest BCUT2D eigenvalue weighted by Crippen LogP contribution is 2.37. The number of alkyl halides is 3. The third kappa shape index (κ3) is 3.08. The van der Waals surface area contributed by atoms with E-state index in [1.807, 2.05) is 4.90 Å². The number of halogens is 4. The molecule has 1 fully saturated rings. The lowest BCUT2D eigenvalue weighted by molar-refractivity contribution is -0.179. The fourth-order valence-electron chi connectivity index (χ4n) is 2.49. The Morgan fingerprint density at radius 1 is 1.30 bits per heavy atom. The van der Waals surface area contributed by atoms with Gasteiger partial charge in [-0.15, -0.1) is 0 Å². The van der Waals surface area contributed by atoms with Crippen LogP contribution in [-0.2, 0) is 0 Å². The summed E-state index contributed by atoms with van der Waals surface area (Å²) in [6.07, 6.45) is -3.96. The summed E-state index contributed by atoms with van der Waals surface area (Å²) in [6.45, 7) is 0.641. The number of nitrogens with two attached hydrogens (primary N) is 1. The maximum atomic E-state index is 12.7. The quantitative estimate of drug-likeness (QED) is 0.634. The molecule has 0 radical (unpaired) electrons. The molecular formula is C13H15BrF3N3. The minimum Gasteiger partial charge on any atom is -0.384 e. The third-order valence-electron chi connectivity index (χ3n) is 3.56. The lowest BCUT2D eigenvalue weighted by atomic mass is 9.95. The normalized spacial score (nSPS) is 17.3. The molecule has 0 spiro atoms. The van der Waals surface area contributed by atoms with E-state index in [1.165, 1.54) is 0 Å². The van der Waals surface area contributed by atoms with Crippen molar-refractivity contribution in [3.8, 4) is 0 Å². The Bertz CT molecular complexity index is 508. The minimum atomic E-state index is -4.12. The summed E-state index contributed by atoms with van der Waals surface area (Å²) < 4.78 is 38.7. The number of rotatable bonds is 2. The Morgan fingerprint density at radius 3 is 2.40 bits per heavy atom. The zero-order valence-electron chi connectivity index (χ0n) is 10.7. The van der Waals surface area contributed by atoms with Crippen LogP contribution in [0.4, 0.5) is 18.9 Å². The fourth-order valence-corrected chi connectivity index (χ4v) is 3.06. The Balaban J connectivity index is 2.19. The standard InChI is InChI=1S/C13H15BrF3N3/c14-9-2-1-3-10(11(9)12(18)19)20-6-4-8(5-7-20)13(15,16)17/h1-3,8H,4-7H2,(H3,18,19). The van der Waals surface area contributed by atoms with E-state index in [0.717, 1.165) is 0 Å². The molecule has 0 aliphatic carbocycles. The van der Waals surface area contributed by atoms with E-state index in [0.29, 0.717) is 28.8 Å². The predicted octanol–water partition coefficient (Wildman–Crippen LogP) is 3.51. The number of piperidine rings is 1. The molecule has 1 saturated heterocycles. The molecule has 1 aromatic carbocycles. The number of nitrogens with one attached hydrogen (secondary N) is 1. The topological polar surface area (TPSA) is 53.1 Å². The van der Waals surface area contributed by atoms with E-state index in [1.54, 1.807) is 18.2 Å². The van der Waals surface area contributed by atoms with Gasteiger partial charge in [-0.05, 0) is 40.9 Å². The molecule has 0 saturated carbocycles. The molecule has 110 valence electrons. The molecule has 1 aromatic rings. The smallest absolute Gasteiger partial charge is 0.384 e. The molecule has 20 heavy (non-hydrogen) atoms. The van der Waals surface area contributed by atoms with Gasteiger partial charge in [0, 0.05) is 23.2 Å². The van der Waals surface area contributed by atoms with Crippen molar-refractivity contribution < 1.29 is 13.2 Å². The van der Waals surface area contributed by atoms with Crippen LogP contribution in [0.5, 0.6) is 0 Å². The maximum Gasteiger partial charge on any atom is 0.391 e. The third-order valence-corrected chi connectivity index (χ3v) is 4.22. The zero-order chi connectivity index (χ0) is 14.9. The van der Waals surface area contributed by atoms with E-state index < -0.39 is 12.1 Å². The summed E-state index contributed by atoms with van der Waals surface area (Å²) >= 11 is 3.33. The van der Waals surface area contributed by atoms with Crippen LogP contribution in [0.15, 0.2) is 22.7 Å². The number of hydrogen-bond donors (Lipinski definition) is 2. The van der Waals surface area contributed by atoms with Crippen LogP contribution in [0.2, 0.25) is 0 Å². The van der Waals surface area contributed by atoms with Gasteiger partial charge < -0.3 is 10.6 Å². The first-order chi connectivity index (χ1) is 9.30. The Hall–Kier alpha value is -1.24. The SMILES string of the molecule is N=C(N)c1c(Br)cccc1N1CCC(C(F)(F)F)CC1. The van der Waals surface area contributed by atoms with Gasteiger partial charge in [-0.3, -0.25) is 5.41 Å². The average molecular weight is 350 g/mol. The van der Waals surface area contributed by atoms with Gasteiger partial charge in [-0.1, -0.05) is 6.07 Å². The molecule has 7 heteroatoms. The summed E-state index contributed by atoms with van der Waals surface area (Å²) in [4.78, 5) is 1.86. The molecule has 3 nitrogen and oxygen atoms in total. The van der Waals surface area contributed by atoms with E-state index >= 15 is 0 Å². The van der Waals surface area contributed by atoms with E-state index in [2.05, 4.69) is 15.9 Å². The zero-order valence-corrected chi connectivity index (χ0v) is 12.3. The summed E-state index contributed by atoms with van der Waals surface area (Å²) in [5.74, 6) is -1.32. The Morgan fingerprint density at radius 2 is 1.90 bits per heavy atom. The summed E-state index contributed by atoms with van der Waals surface area (Å²) in [7, 11) is 0. The molecular weight excluding hydrogens is 335 g/mol. The summed E-state index contributed by atoms with van der Waals surface area (Å²) in [6, 6.07) is 5.35. The monoisotopic (exact) mass is 349 g/mol. The van der Waals surface area contributed by atoms with Crippen LogP contribution < -0.4 is 10.6 Å². The lowest BCUT2D eigenvalue weighted by Gasteiger charge is -2.35. The van der Waals surface area contributed by atoms with E-state index in [9.17, 15) is 13.2 Å². The lowest BCUT2D eigenvalue weighted by Crippen LogP contribution is -2.39. The minimum absolute atomic E-state index is 0.0767. The molecule has 0 amide bonds. The van der Waals surface area contributed by atoms with Crippen molar-refractivity contribution in [2.24, 2.45) is 11.7 Å². The molecule has 3 N–H and O–H groups in total. The number of anilines is 1. The van der Waals surface area contributed by atoms with Crippen LogP contribution in [0, 0.1) is 11.3 Å². The highest BCUT2D eigenvalue weighted by Gasteiger charge is 2.41. The van der Waals surface area contributed by atoms with Gasteiger partial charge in [-0.2, -0.15) is 13.2 Å². The second-order valence-corrected chi connectivity index (χ2v) is 5.70. The van der Waals surface area contributed by atoms with Gasteiger partial charge in [0.25, 0.3) is 0 Å². The highest BCUT2D eigenvalue weighted by molar-refractivity contribution is 9.10. The van der Waals surface area contributed by atoms with Crippen LogP contribution >= 0.6 is 15.9 Å². The second kappa shape index (κ2) is 5.63. The van der Waals surface area contributed by atoms with Crippen molar-refractivity contribution >= 4 is 27.5 Å². The van der Waals surface area contributed by atoms with Crippen molar-refractivity contribution in [3.63, 3.8) is 0 Å². The van der Waals surface area contributed by atoms with Gasteiger partial charge >= 0.3 is 6.18 Å². The number of hydrogen-bond acceptors (Lipinski definition) is 2. The number of nitrogens with zero attached hydrogens (tertiary/aromatic N) is 1. The number of benzene rings is 1.